The largest absolute Gasteiger partial charge is 0.493 e. The van der Waals surface area contributed by atoms with E-state index in [2.05, 4.69) is 15.6 Å². The van der Waals surface area contributed by atoms with Crippen LogP contribution in [0.5, 0.6) is 17.2 Å². The van der Waals surface area contributed by atoms with Crippen LogP contribution in [-0.2, 0) is 20.8 Å². The first-order valence-corrected chi connectivity index (χ1v) is 11.8. The molecule has 2 amide bonds. The number of carbonyl (C=O) groups is 3. The van der Waals surface area contributed by atoms with E-state index in [1.807, 2.05) is 0 Å². The third-order valence-corrected chi connectivity index (χ3v) is 6.40. The van der Waals surface area contributed by atoms with Crippen molar-refractivity contribution < 1.29 is 33.4 Å². The van der Waals surface area contributed by atoms with Gasteiger partial charge in [-0.05, 0) is 30.5 Å². The fourth-order valence-electron chi connectivity index (χ4n) is 2.81. The zero-order chi connectivity index (χ0) is 24.7. The first kappa shape index (κ1) is 25.0. The van der Waals surface area contributed by atoms with Gasteiger partial charge in [0.1, 0.15) is 12.2 Å². The topological polar surface area (TPSA) is 127 Å². The number of thioether (sulfide) groups is 1. The van der Waals surface area contributed by atoms with Gasteiger partial charge in [0, 0.05) is 6.07 Å². The number of nitrogens with zero attached hydrogens (tertiary/aromatic N) is 1. The Morgan fingerprint density at radius 1 is 1.09 bits per heavy atom. The summed E-state index contributed by atoms with van der Waals surface area (Å²) in [5, 5.41) is 14.2. The Morgan fingerprint density at radius 3 is 2.47 bits per heavy atom. The molecule has 2 aromatic carbocycles. The molecular formula is C22H20FN3O6S2. The molecule has 0 unspecified atom stereocenters. The summed E-state index contributed by atoms with van der Waals surface area (Å²) in [4.78, 5) is 39.9. The van der Waals surface area contributed by atoms with Gasteiger partial charge in [0.15, 0.2) is 22.4 Å². The summed E-state index contributed by atoms with van der Waals surface area (Å²) in [6.07, 6.45) is 0.946. The highest BCUT2D eigenvalue weighted by Gasteiger charge is 2.18. The quantitative estimate of drug-likeness (QED) is 0.273. The lowest BCUT2D eigenvalue weighted by atomic mass is 10.2. The summed E-state index contributed by atoms with van der Waals surface area (Å²) in [5.41, 5.74) is 0.502. The highest BCUT2D eigenvalue weighted by molar-refractivity contribution is 8.00. The van der Waals surface area contributed by atoms with E-state index in [1.165, 1.54) is 24.9 Å². The number of anilines is 2. The van der Waals surface area contributed by atoms with E-state index in [0.29, 0.717) is 21.4 Å². The Morgan fingerprint density at radius 2 is 1.79 bits per heavy atom. The number of methoxy groups -OCH3 is 1. The van der Waals surface area contributed by atoms with Crippen LogP contribution in [0.1, 0.15) is 12.1 Å². The van der Waals surface area contributed by atoms with E-state index in [9.17, 15) is 18.8 Å². The van der Waals surface area contributed by atoms with E-state index in [0.717, 1.165) is 23.5 Å². The summed E-state index contributed by atoms with van der Waals surface area (Å²) in [6.45, 7) is 0. The van der Waals surface area contributed by atoms with E-state index in [1.54, 1.807) is 30.5 Å². The maximum absolute atomic E-state index is 13.8. The average molecular weight is 506 g/mol. The first-order chi connectivity index (χ1) is 16.3. The number of rotatable bonds is 10. The lowest BCUT2D eigenvalue weighted by molar-refractivity contribution is -0.136. The highest BCUT2D eigenvalue weighted by atomic mass is 32.2. The van der Waals surface area contributed by atoms with Gasteiger partial charge in [0.25, 0.3) is 0 Å². The van der Waals surface area contributed by atoms with Crippen molar-refractivity contribution in [2.24, 2.45) is 0 Å². The Labute approximate surface area is 202 Å². The van der Waals surface area contributed by atoms with E-state index in [4.69, 9.17) is 14.6 Å². The van der Waals surface area contributed by atoms with Crippen molar-refractivity contribution in [1.29, 1.82) is 0 Å². The zero-order valence-electron chi connectivity index (χ0n) is 18.1. The fourth-order valence-corrected chi connectivity index (χ4v) is 4.47. The van der Waals surface area contributed by atoms with Gasteiger partial charge in [0.05, 0.1) is 29.1 Å². The van der Waals surface area contributed by atoms with Crippen molar-refractivity contribution in [1.82, 2.24) is 4.98 Å². The number of aromatic nitrogens is 1. The van der Waals surface area contributed by atoms with Crippen LogP contribution in [-0.4, -0.2) is 41.2 Å². The van der Waals surface area contributed by atoms with Crippen LogP contribution in [0.15, 0.2) is 46.7 Å². The molecule has 0 saturated carbocycles. The number of amides is 2. The molecule has 0 saturated heterocycles. The minimum Gasteiger partial charge on any atom is -0.493 e. The number of hydrogen-bond acceptors (Lipinski definition) is 8. The minimum absolute atomic E-state index is 0.0288. The molecular weight excluding hydrogens is 485 g/mol. The predicted octanol–water partition coefficient (Wildman–Crippen LogP) is 4.40. The number of carboxylic acid groups (broad SMARTS) is 1. The molecule has 0 spiro atoms. The fraction of sp³-hybridized carbons (Fsp3) is 0.182. The SMILES string of the molecule is COc1ccccc1Oc1cc(F)ccc1NC(=O)CC(=O)Nc1nc(CC(=O)O)c(SC)s1. The number of ether oxygens (including phenoxy) is 2. The Bertz CT molecular complexity index is 1220. The van der Waals surface area contributed by atoms with Crippen molar-refractivity contribution in [2.75, 3.05) is 24.0 Å². The number of benzene rings is 2. The van der Waals surface area contributed by atoms with E-state index >= 15 is 0 Å². The molecule has 0 aliphatic heterocycles. The molecule has 1 heterocycles. The molecule has 178 valence electrons. The molecule has 0 fully saturated rings. The highest BCUT2D eigenvalue weighted by Crippen LogP contribution is 2.35. The normalized spacial score (nSPS) is 10.4. The molecule has 1 aromatic heterocycles. The van der Waals surface area contributed by atoms with Gasteiger partial charge in [-0.15, -0.1) is 11.8 Å². The van der Waals surface area contributed by atoms with Gasteiger partial charge >= 0.3 is 5.97 Å². The van der Waals surface area contributed by atoms with Crippen molar-refractivity contribution in [3.05, 3.63) is 54.0 Å². The summed E-state index contributed by atoms with van der Waals surface area (Å²) >= 11 is 2.44. The number of aliphatic carboxylic acids is 1. The third-order valence-electron chi connectivity index (χ3n) is 4.24. The van der Waals surface area contributed by atoms with Crippen LogP contribution in [0.3, 0.4) is 0 Å². The summed E-state index contributed by atoms with van der Waals surface area (Å²) in [5.74, 6) is -2.17. The first-order valence-electron chi connectivity index (χ1n) is 9.74. The summed E-state index contributed by atoms with van der Waals surface area (Å²) in [7, 11) is 1.46. The van der Waals surface area contributed by atoms with Crippen LogP contribution in [0.4, 0.5) is 15.2 Å². The monoisotopic (exact) mass is 505 g/mol. The number of carboxylic acids is 1. The van der Waals surface area contributed by atoms with Gasteiger partial charge in [-0.1, -0.05) is 23.5 Å². The second kappa shape index (κ2) is 11.5. The molecule has 12 heteroatoms. The Hall–Kier alpha value is -3.64. The second-order valence-electron chi connectivity index (χ2n) is 6.69. The standard InChI is InChI=1S/C22H20FN3O6S2/c1-31-15-5-3-4-6-16(15)32-17-9-12(23)7-8-13(17)24-18(27)11-19(28)26-22-25-14(10-20(29)30)21(33-2)34-22/h3-9H,10-11H2,1-2H3,(H,24,27)(H,29,30)(H,25,26,28). The van der Waals surface area contributed by atoms with Gasteiger partial charge in [-0.25, -0.2) is 9.37 Å². The smallest absolute Gasteiger partial charge is 0.309 e. The van der Waals surface area contributed by atoms with Crippen molar-refractivity contribution in [3.8, 4) is 17.2 Å². The van der Waals surface area contributed by atoms with Crippen LogP contribution in [0, 0.1) is 5.82 Å². The molecule has 9 nitrogen and oxygen atoms in total. The van der Waals surface area contributed by atoms with Crippen molar-refractivity contribution in [2.45, 2.75) is 17.1 Å². The lowest BCUT2D eigenvalue weighted by Crippen LogP contribution is -2.21. The summed E-state index contributed by atoms with van der Waals surface area (Å²) < 4.78 is 25.4. The summed E-state index contributed by atoms with van der Waals surface area (Å²) in [6, 6.07) is 10.3. The molecule has 34 heavy (non-hydrogen) atoms. The average Bonchev–Trinajstić information content (AvgIpc) is 3.16. The van der Waals surface area contributed by atoms with Gasteiger partial charge in [-0.3, -0.25) is 14.4 Å². The Balaban J connectivity index is 1.67. The van der Waals surface area contributed by atoms with Crippen LogP contribution < -0.4 is 20.1 Å². The maximum Gasteiger partial charge on any atom is 0.309 e. The minimum atomic E-state index is -1.04. The molecule has 0 aliphatic rings. The third kappa shape index (κ3) is 6.68. The Kier molecular flexibility index (Phi) is 8.44. The van der Waals surface area contributed by atoms with Crippen molar-refractivity contribution in [3.63, 3.8) is 0 Å². The molecule has 3 N–H and O–H groups in total. The molecule has 3 rings (SSSR count). The maximum atomic E-state index is 13.8. The van der Waals surface area contributed by atoms with Gasteiger partial charge in [-0.2, -0.15) is 0 Å². The number of carbonyl (C=O) groups excluding carboxylic acids is 2. The molecule has 3 aromatic rings. The number of nitrogens with one attached hydrogen (secondary N) is 2. The second-order valence-corrected chi connectivity index (χ2v) is 8.77. The van der Waals surface area contributed by atoms with Gasteiger partial charge in [0.2, 0.25) is 11.8 Å². The van der Waals surface area contributed by atoms with Crippen LogP contribution in [0.25, 0.3) is 0 Å². The van der Waals surface area contributed by atoms with Crippen LogP contribution in [0.2, 0.25) is 0 Å². The number of para-hydroxylation sites is 2. The zero-order valence-corrected chi connectivity index (χ0v) is 19.7. The molecule has 0 aliphatic carbocycles. The molecule has 0 atom stereocenters. The molecule has 0 bridgehead atoms. The number of hydrogen-bond donors (Lipinski definition) is 3. The molecule has 0 radical (unpaired) electrons. The van der Waals surface area contributed by atoms with Gasteiger partial charge < -0.3 is 25.2 Å². The van der Waals surface area contributed by atoms with E-state index < -0.39 is 30.0 Å². The number of halogens is 1. The van der Waals surface area contributed by atoms with Crippen molar-refractivity contribution >= 4 is 51.7 Å². The lowest BCUT2D eigenvalue weighted by Gasteiger charge is -2.14. The number of thiazole rings is 1. The van der Waals surface area contributed by atoms with Crippen LogP contribution >= 0.6 is 23.1 Å². The predicted molar refractivity (Wildman–Crippen MR) is 127 cm³/mol. The van der Waals surface area contributed by atoms with E-state index in [-0.39, 0.29) is 23.0 Å².